The Morgan fingerprint density at radius 1 is 1.19 bits per heavy atom. The molecule has 1 fully saturated rings. The summed E-state index contributed by atoms with van der Waals surface area (Å²) in [5.74, 6) is 1.19. The van der Waals surface area contributed by atoms with Crippen molar-refractivity contribution in [3.8, 4) is 11.5 Å². The molecule has 0 aliphatic carbocycles. The Hall–Kier alpha value is -2.88. The maximum absolute atomic E-state index is 12.4. The van der Waals surface area contributed by atoms with Crippen LogP contribution in [-0.2, 0) is 9.84 Å². The van der Waals surface area contributed by atoms with E-state index < -0.39 is 15.7 Å². The second-order valence-electron chi connectivity index (χ2n) is 6.06. The van der Waals surface area contributed by atoms with Gasteiger partial charge in [-0.25, -0.2) is 18.4 Å². The number of sulfone groups is 1. The molecule has 0 saturated carbocycles. The molecule has 9 nitrogen and oxygen atoms in total. The smallest absolute Gasteiger partial charge is 0.258 e. The van der Waals surface area contributed by atoms with Gasteiger partial charge in [0, 0.05) is 24.5 Å². The van der Waals surface area contributed by atoms with Crippen molar-refractivity contribution in [2.45, 2.75) is 12.5 Å². The van der Waals surface area contributed by atoms with E-state index in [1.807, 2.05) is 0 Å². The average Bonchev–Trinajstić information content (AvgIpc) is 3.00. The second-order valence-corrected chi connectivity index (χ2v) is 8.29. The molecule has 1 aromatic carbocycles. The number of hydrogen-bond donors (Lipinski definition) is 2. The Bertz CT molecular complexity index is 931. The van der Waals surface area contributed by atoms with Gasteiger partial charge < -0.3 is 20.1 Å². The van der Waals surface area contributed by atoms with Crippen molar-refractivity contribution < 1.29 is 22.7 Å². The highest BCUT2D eigenvalue weighted by atomic mass is 32.2. The van der Waals surface area contributed by atoms with E-state index in [4.69, 9.17) is 9.47 Å². The third kappa shape index (κ3) is 4.64. The number of carbonyl (C=O) groups is 1. The van der Waals surface area contributed by atoms with Crippen LogP contribution in [0.4, 0.5) is 11.6 Å². The highest BCUT2D eigenvalue weighted by Crippen LogP contribution is 2.29. The number of carbonyl (C=O) groups excluding carboxylic acids is 1. The number of anilines is 2. The van der Waals surface area contributed by atoms with Crippen LogP contribution in [-0.4, -0.2) is 56.1 Å². The zero-order valence-electron chi connectivity index (χ0n) is 14.9. The molecule has 1 saturated heterocycles. The molecule has 2 N–H and O–H groups in total. The molecular weight excluding hydrogens is 372 g/mol. The topological polar surface area (TPSA) is 120 Å². The summed E-state index contributed by atoms with van der Waals surface area (Å²) in [6, 6.07) is 4.83. The van der Waals surface area contributed by atoms with Crippen molar-refractivity contribution in [1.82, 2.24) is 9.97 Å². The van der Waals surface area contributed by atoms with Crippen molar-refractivity contribution in [3.05, 3.63) is 36.2 Å². The first kappa shape index (κ1) is 18.9. The number of amides is 1. The van der Waals surface area contributed by atoms with Crippen LogP contribution in [0.1, 0.15) is 16.8 Å². The third-order valence-electron chi connectivity index (χ3n) is 4.14. The van der Waals surface area contributed by atoms with E-state index in [9.17, 15) is 13.2 Å². The van der Waals surface area contributed by atoms with Crippen LogP contribution in [0.15, 0.2) is 30.6 Å². The molecule has 144 valence electrons. The Balaban J connectivity index is 1.66. The van der Waals surface area contributed by atoms with E-state index in [-0.39, 0.29) is 29.1 Å². The summed E-state index contributed by atoms with van der Waals surface area (Å²) in [4.78, 5) is 20.6. The molecule has 0 radical (unpaired) electrons. The van der Waals surface area contributed by atoms with Gasteiger partial charge in [-0.05, 0) is 18.6 Å². The predicted octanol–water partition coefficient (Wildman–Crippen LogP) is 1.35. The number of ether oxygens (including phenoxy) is 2. The summed E-state index contributed by atoms with van der Waals surface area (Å²) < 4.78 is 33.4. The molecule has 1 atom stereocenters. The average molecular weight is 392 g/mol. The van der Waals surface area contributed by atoms with Crippen LogP contribution < -0.4 is 20.1 Å². The van der Waals surface area contributed by atoms with Crippen molar-refractivity contribution in [2.75, 3.05) is 36.4 Å². The van der Waals surface area contributed by atoms with Gasteiger partial charge >= 0.3 is 0 Å². The number of methoxy groups -OCH3 is 2. The van der Waals surface area contributed by atoms with Crippen molar-refractivity contribution in [2.24, 2.45) is 0 Å². The van der Waals surface area contributed by atoms with Gasteiger partial charge in [-0.2, -0.15) is 0 Å². The van der Waals surface area contributed by atoms with Crippen molar-refractivity contribution in [3.63, 3.8) is 0 Å². The van der Waals surface area contributed by atoms with Gasteiger partial charge in [-0.3, -0.25) is 4.79 Å². The van der Waals surface area contributed by atoms with Gasteiger partial charge in [0.15, 0.2) is 9.84 Å². The summed E-state index contributed by atoms with van der Waals surface area (Å²) in [6.07, 6.45) is 3.28. The fourth-order valence-corrected chi connectivity index (χ4v) is 4.38. The Morgan fingerprint density at radius 3 is 2.52 bits per heavy atom. The number of nitrogens with zero attached hydrogens (tertiary/aromatic N) is 2. The molecule has 2 heterocycles. The predicted molar refractivity (Wildman–Crippen MR) is 100 cm³/mol. The van der Waals surface area contributed by atoms with Crippen LogP contribution in [0.3, 0.4) is 0 Å². The van der Waals surface area contributed by atoms with E-state index >= 15 is 0 Å². The van der Waals surface area contributed by atoms with Gasteiger partial charge in [0.25, 0.3) is 5.91 Å². The van der Waals surface area contributed by atoms with Gasteiger partial charge in [0.1, 0.15) is 11.5 Å². The lowest BCUT2D eigenvalue weighted by Gasteiger charge is -2.12. The maximum atomic E-state index is 12.4. The fourth-order valence-electron chi connectivity index (χ4n) is 2.71. The van der Waals surface area contributed by atoms with Crippen LogP contribution in [0, 0.1) is 0 Å². The normalized spacial score (nSPS) is 17.9. The van der Waals surface area contributed by atoms with Gasteiger partial charge in [0.05, 0.1) is 37.0 Å². The number of benzene rings is 1. The van der Waals surface area contributed by atoms with E-state index in [0.717, 1.165) is 0 Å². The van der Waals surface area contributed by atoms with Gasteiger partial charge in [0.2, 0.25) is 5.95 Å². The molecule has 1 aliphatic rings. The highest BCUT2D eigenvalue weighted by Gasteiger charge is 2.28. The minimum atomic E-state index is -2.99. The number of aromatic nitrogens is 2. The molecule has 1 amide bonds. The SMILES string of the molecule is COc1ccc(NC(=O)c2cnc(NC3CCS(=O)(=O)C3)nc2)c(OC)c1. The first-order valence-corrected chi connectivity index (χ1v) is 10.0. The molecule has 2 aromatic rings. The first-order valence-electron chi connectivity index (χ1n) is 8.22. The lowest BCUT2D eigenvalue weighted by Crippen LogP contribution is -2.22. The number of nitrogens with one attached hydrogen (secondary N) is 2. The summed E-state index contributed by atoms with van der Waals surface area (Å²) >= 11 is 0. The molecule has 1 aromatic heterocycles. The Labute approximate surface area is 157 Å². The highest BCUT2D eigenvalue weighted by molar-refractivity contribution is 7.91. The standard InChI is InChI=1S/C17H20N4O5S/c1-25-13-3-4-14(15(7-13)26-2)21-16(22)11-8-18-17(19-9-11)20-12-5-6-27(23,24)10-12/h3-4,7-9,12H,5-6,10H2,1-2H3,(H,21,22)(H,18,19,20). The van der Waals surface area contributed by atoms with Crippen LogP contribution in [0.2, 0.25) is 0 Å². The summed E-state index contributed by atoms with van der Waals surface area (Å²) in [7, 11) is 0.0534. The molecule has 1 aliphatic heterocycles. The summed E-state index contributed by atoms with van der Waals surface area (Å²) in [5.41, 5.74) is 0.749. The largest absolute Gasteiger partial charge is 0.497 e. The second kappa shape index (κ2) is 7.78. The third-order valence-corrected chi connectivity index (χ3v) is 5.90. The quantitative estimate of drug-likeness (QED) is 0.756. The number of rotatable bonds is 6. The molecule has 10 heteroatoms. The van der Waals surface area contributed by atoms with Crippen molar-refractivity contribution in [1.29, 1.82) is 0 Å². The molecule has 3 rings (SSSR count). The maximum Gasteiger partial charge on any atom is 0.258 e. The van der Waals surface area contributed by atoms with E-state index in [2.05, 4.69) is 20.6 Å². The Kier molecular flexibility index (Phi) is 5.45. The van der Waals surface area contributed by atoms with Crippen molar-refractivity contribution >= 4 is 27.4 Å². The van der Waals surface area contributed by atoms with E-state index in [0.29, 0.717) is 23.6 Å². The van der Waals surface area contributed by atoms with Crippen LogP contribution >= 0.6 is 0 Å². The molecular formula is C17H20N4O5S. The van der Waals surface area contributed by atoms with E-state index in [1.165, 1.54) is 19.5 Å². The van der Waals surface area contributed by atoms with Gasteiger partial charge in [-0.1, -0.05) is 0 Å². The number of hydrogen-bond acceptors (Lipinski definition) is 8. The monoisotopic (exact) mass is 392 g/mol. The Morgan fingerprint density at radius 2 is 1.93 bits per heavy atom. The van der Waals surface area contributed by atoms with Crippen LogP contribution in [0.5, 0.6) is 11.5 Å². The molecule has 1 unspecified atom stereocenters. The first-order chi connectivity index (χ1) is 12.9. The lowest BCUT2D eigenvalue weighted by atomic mass is 10.2. The molecule has 0 bridgehead atoms. The van der Waals surface area contributed by atoms with Crippen LogP contribution in [0.25, 0.3) is 0 Å². The minimum Gasteiger partial charge on any atom is -0.497 e. The van der Waals surface area contributed by atoms with E-state index in [1.54, 1.807) is 25.3 Å². The summed E-state index contributed by atoms with van der Waals surface area (Å²) in [6.45, 7) is 0. The minimum absolute atomic E-state index is 0.0653. The van der Waals surface area contributed by atoms with Gasteiger partial charge in [-0.15, -0.1) is 0 Å². The summed E-state index contributed by atoms with van der Waals surface area (Å²) in [5, 5.41) is 5.71. The fraction of sp³-hybridized carbons (Fsp3) is 0.353. The molecule has 27 heavy (non-hydrogen) atoms. The zero-order valence-corrected chi connectivity index (χ0v) is 15.7. The lowest BCUT2D eigenvalue weighted by molar-refractivity contribution is 0.102. The zero-order chi connectivity index (χ0) is 19.4. The molecule has 0 spiro atoms.